The standard InChI is InChI=1S/C23H27ClN6O/c1-17-20(6-9-26-22(17)25-8-3-11-30-12-14-31-15-13-30)21-7-10-27-23(29-21)28-19-5-2-4-18(24)16-19/h2,4-7,9-10,16H,3,8,11-15H2,1H3,(H,25,26)(H,27,28,29). The van der Waals surface area contributed by atoms with E-state index in [1.165, 1.54) is 0 Å². The lowest BCUT2D eigenvalue weighted by Crippen LogP contribution is -2.37. The van der Waals surface area contributed by atoms with Crippen molar-refractivity contribution < 1.29 is 4.74 Å². The van der Waals surface area contributed by atoms with E-state index >= 15 is 0 Å². The molecule has 7 nitrogen and oxygen atoms in total. The first-order valence-corrected chi connectivity index (χ1v) is 10.9. The van der Waals surface area contributed by atoms with Crippen molar-refractivity contribution in [2.75, 3.05) is 50.0 Å². The maximum Gasteiger partial charge on any atom is 0.227 e. The third-order valence-electron chi connectivity index (χ3n) is 5.26. The third kappa shape index (κ3) is 5.91. The molecule has 0 bridgehead atoms. The summed E-state index contributed by atoms with van der Waals surface area (Å²) in [5.74, 6) is 1.42. The number of nitrogens with zero attached hydrogens (tertiary/aromatic N) is 4. The van der Waals surface area contributed by atoms with E-state index in [4.69, 9.17) is 16.3 Å². The Balaban J connectivity index is 1.41. The number of halogens is 1. The highest BCUT2D eigenvalue weighted by molar-refractivity contribution is 6.30. The first kappa shape index (κ1) is 21.5. The van der Waals surface area contributed by atoms with Crippen molar-refractivity contribution in [3.8, 4) is 11.3 Å². The highest BCUT2D eigenvalue weighted by atomic mass is 35.5. The minimum absolute atomic E-state index is 0.524. The molecule has 1 aliphatic heterocycles. The van der Waals surface area contributed by atoms with Gasteiger partial charge in [0.05, 0.1) is 18.9 Å². The van der Waals surface area contributed by atoms with E-state index < -0.39 is 0 Å². The largest absolute Gasteiger partial charge is 0.379 e. The Bertz CT molecular complexity index is 1010. The lowest BCUT2D eigenvalue weighted by atomic mass is 10.1. The van der Waals surface area contributed by atoms with Crippen molar-refractivity contribution in [1.82, 2.24) is 19.9 Å². The van der Waals surface area contributed by atoms with Crippen LogP contribution in [-0.4, -0.2) is 59.2 Å². The van der Waals surface area contributed by atoms with E-state index in [1.807, 2.05) is 42.6 Å². The molecule has 31 heavy (non-hydrogen) atoms. The molecule has 0 spiro atoms. The number of nitrogens with one attached hydrogen (secondary N) is 2. The lowest BCUT2D eigenvalue weighted by Gasteiger charge is -2.26. The number of hydrogen-bond donors (Lipinski definition) is 2. The molecule has 1 saturated heterocycles. The van der Waals surface area contributed by atoms with E-state index in [-0.39, 0.29) is 0 Å². The monoisotopic (exact) mass is 438 g/mol. The Morgan fingerprint density at radius 1 is 1.10 bits per heavy atom. The van der Waals surface area contributed by atoms with E-state index in [9.17, 15) is 0 Å². The van der Waals surface area contributed by atoms with Gasteiger partial charge in [0.25, 0.3) is 0 Å². The highest BCUT2D eigenvalue weighted by Gasteiger charge is 2.12. The van der Waals surface area contributed by atoms with Crippen molar-refractivity contribution in [3.63, 3.8) is 0 Å². The van der Waals surface area contributed by atoms with Crippen LogP contribution in [0.4, 0.5) is 17.5 Å². The molecule has 2 aromatic heterocycles. The van der Waals surface area contributed by atoms with Crippen LogP contribution in [0.3, 0.4) is 0 Å². The number of rotatable bonds is 8. The smallest absolute Gasteiger partial charge is 0.227 e. The van der Waals surface area contributed by atoms with Gasteiger partial charge in [-0.1, -0.05) is 17.7 Å². The topological polar surface area (TPSA) is 75.2 Å². The van der Waals surface area contributed by atoms with Crippen LogP contribution in [0, 0.1) is 6.92 Å². The van der Waals surface area contributed by atoms with Gasteiger partial charge in [-0.25, -0.2) is 15.0 Å². The molecule has 0 unspecified atom stereocenters. The Labute approximate surface area is 187 Å². The van der Waals surface area contributed by atoms with Crippen molar-refractivity contribution >= 4 is 29.1 Å². The minimum Gasteiger partial charge on any atom is -0.379 e. The van der Waals surface area contributed by atoms with Gasteiger partial charge < -0.3 is 15.4 Å². The molecular weight excluding hydrogens is 412 g/mol. The lowest BCUT2D eigenvalue weighted by molar-refractivity contribution is 0.0378. The molecule has 0 atom stereocenters. The number of anilines is 3. The average Bonchev–Trinajstić information content (AvgIpc) is 2.79. The zero-order valence-corrected chi connectivity index (χ0v) is 18.4. The number of aromatic nitrogens is 3. The van der Waals surface area contributed by atoms with Crippen LogP contribution in [0.1, 0.15) is 12.0 Å². The predicted molar refractivity (Wildman–Crippen MR) is 125 cm³/mol. The molecule has 1 fully saturated rings. The first-order chi connectivity index (χ1) is 15.2. The molecule has 3 heterocycles. The summed E-state index contributed by atoms with van der Waals surface area (Å²) < 4.78 is 5.41. The van der Waals surface area contributed by atoms with Crippen LogP contribution in [0.25, 0.3) is 11.3 Å². The summed E-state index contributed by atoms with van der Waals surface area (Å²) in [6.07, 6.45) is 4.63. The SMILES string of the molecule is Cc1c(-c2ccnc(Nc3cccc(Cl)c3)n2)ccnc1NCCCN1CCOCC1. The van der Waals surface area contributed by atoms with Gasteiger partial charge in [0, 0.05) is 53.9 Å². The fraction of sp³-hybridized carbons (Fsp3) is 0.348. The molecule has 1 aromatic carbocycles. The summed E-state index contributed by atoms with van der Waals surface area (Å²) in [6.45, 7) is 7.73. The average molecular weight is 439 g/mol. The molecule has 8 heteroatoms. The highest BCUT2D eigenvalue weighted by Crippen LogP contribution is 2.26. The van der Waals surface area contributed by atoms with E-state index in [1.54, 1.807) is 6.20 Å². The molecule has 0 radical (unpaired) electrons. The molecule has 2 N–H and O–H groups in total. The molecule has 0 aliphatic carbocycles. The van der Waals surface area contributed by atoms with Crippen LogP contribution >= 0.6 is 11.6 Å². The summed E-state index contributed by atoms with van der Waals surface area (Å²) in [5.41, 5.74) is 3.79. The second kappa shape index (κ2) is 10.5. The van der Waals surface area contributed by atoms with Gasteiger partial charge >= 0.3 is 0 Å². The predicted octanol–water partition coefficient (Wildman–Crippen LogP) is 4.38. The van der Waals surface area contributed by atoms with Crippen molar-refractivity contribution in [3.05, 3.63) is 59.4 Å². The second-order valence-electron chi connectivity index (χ2n) is 7.47. The molecule has 0 saturated carbocycles. The van der Waals surface area contributed by atoms with Gasteiger partial charge in [-0.2, -0.15) is 0 Å². The fourth-order valence-electron chi connectivity index (χ4n) is 3.59. The minimum atomic E-state index is 0.524. The van der Waals surface area contributed by atoms with Crippen LogP contribution in [-0.2, 0) is 4.74 Å². The van der Waals surface area contributed by atoms with E-state index in [0.29, 0.717) is 11.0 Å². The van der Waals surface area contributed by atoms with Gasteiger partial charge in [0.1, 0.15) is 5.82 Å². The Hall–Kier alpha value is -2.74. The Morgan fingerprint density at radius 2 is 1.94 bits per heavy atom. The zero-order chi connectivity index (χ0) is 21.5. The van der Waals surface area contributed by atoms with E-state index in [0.717, 1.165) is 74.1 Å². The maximum absolute atomic E-state index is 6.07. The number of benzene rings is 1. The van der Waals surface area contributed by atoms with Crippen LogP contribution < -0.4 is 10.6 Å². The molecule has 4 rings (SSSR count). The number of pyridine rings is 1. The third-order valence-corrected chi connectivity index (χ3v) is 5.50. The quantitative estimate of drug-likeness (QED) is 0.505. The maximum atomic E-state index is 6.07. The molecule has 3 aromatic rings. The van der Waals surface area contributed by atoms with Gasteiger partial charge in [-0.3, -0.25) is 4.90 Å². The first-order valence-electron chi connectivity index (χ1n) is 10.5. The molecular formula is C23H27ClN6O. The normalized spacial score (nSPS) is 14.4. The summed E-state index contributed by atoms with van der Waals surface area (Å²) >= 11 is 6.07. The molecule has 1 aliphatic rings. The van der Waals surface area contributed by atoms with Gasteiger partial charge in [-0.15, -0.1) is 0 Å². The van der Waals surface area contributed by atoms with Crippen LogP contribution in [0.15, 0.2) is 48.8 Å². The van der Waals surface area contributed by atoms with Crippen molar-refractivity contribution in [2.24, 2.45) is 0 Å². The van der Waals surface area contributed by atoms with Crippen LogP contribution in [0.2, 0.25) is 5.02 Å². The number of morpholine rings is 1. The van der Waals surface area contributed by atoms with Crippen molar-refractivity contribution in [1.29, 1.82) is 0 Å². The summed E-state index contributed by atoms with van der Waals surface area (Å²) in [4.78, 5) is 16.0. The fourth-order valence-corrected chi connectivity index (χ4v) is 3.78. The van der Waals surface area contributed by atoms with Crippen LogP contribution in [0.5, 0.6) is 0 Å². The Morgan fingerprint density at radius 3 is 2.77 bits per heavy atom. The van der Waals surface area contributed by atoms with Gasteiger partial charge in [0.2, 0.25) is 5.95 Å². The number of ether oxygens (including phenoxy) is 1. The van der Waals surface area contributed by atoms with Gasteiger partial charge in [-0.05, 0) is 50.2 Å². The van der Waals surface area contributed by atoms with Crippen molar-refractivity contribution in [2.45, 2.75) is 13.3 Å². The second-order valence-corrected chi connectivity index (χ2v) is 7.90. The number of hydrogen-bond acceptors (Lipinski definition) is 7. The summed E-state index contributed by atoms with van der Waals surface area (Å²) in [6, 6.07) is 11.4. The summed E-state index contributed by atoms with van der Waals surface area (Å²) in [5, 5.41) is 7.35. The molecule has 0 amide bonds. The molecule has 162 valence electrons. The summed E-state index contributed by atoms with van der Waals surface area (Å²) in [7, 11) is 0. The zero-order valence-electron chi connectivity index (χ0n) is 17.6. The Kier molecular flexibility index (Phi) is 7.30. The van der Waals surface area contributed by atoms with Gasteiger partial charge in [0.15, 0.2) is 0 Å². The van der Waals surface area contributed by atoms with E-state index in [2.05, 4.69) is 37.4 Å².